The summed E-state index contributed by atoms with van der Waals surface area (Å²) < 4.78 is 65.1. The first-order chi connectivity index (χ1) is 28.9. The number of esters is 4. The number of hydrogen-bond donors (Lipinski definition) is 1. The summed E-state index contributed by atoms with van der Waals surface area (Å²) in [7, 11) is 1.23. The summed E-state index contributed by atoms with van der Waals surface area (Å²) in [5.74, 6) is -3.47. The van der Waals surface area contributed by atoms with E-state index in [1.807, 2.05) is 0 Å². The highest BCUT2D eigenvalue weighted by atomic mass is 35.5. The third kappa shape index (κ3) is 12.5. The van der Waals surface area contributed by atoms with E-state index in [-0.39, 0.29) is 42.3 Å². The van der Waals surface area contributed by atoms with Crippen molar-refractivity contribution >= 4 is 117 Å². The van der Waals surface area contributed by atoms with Crippen LogP contribution in [0, 0.1) is 0 Å². The number of carbonyl (C=O) groups excluding carboxylic acids is 4. The molecule has 0 saturated carbocycles. The lowest BCUT2D eigenvalue weighted by molar-refractivity contribution is -0.142. The molecule has 1 N–H and O–H groups in total. The predicted octanol–water partition coefficient (Wildman–Crippen LogP) is 10.1. The van der Waals surface area contributed by atoms with Crippen LogP contribution in [-0.2, 0) is 33.2 Å². The molecule has 0 aliphatic carbocycles. The van der Waals surface area contributed by atoms with Gasteiger partial charge in [-0.05, 0) is 72.8 Å². The van der Waals surface area contributed by atoms with Gasteiger partial charge < -0.3 is 38.3 Å². The van der Waals surface area contributed by atoms with Crippen molar-refractivity contribution in [2.75, 3.05) is 20.3 Å². The van der Waals surface area contributed by atoms with Gasteiger partial charge in [-0.25, -0.2) is 28.0 Å². The number of halogens is 10. The van der Waals surface area contributed by atoms with Gasteiger partial charge in [0, 0.05) is 27.2 Å². The monoisotopic (exact) mass is 1010 g/mol. The lowest BCUT2D eigenvalue weighted by Gasteiger charge is -2.20. The average Bonchev–Trinajstić information content (AvgIpc) is 3.64. The van der Waals surface area contributed by atoms with Crippen LogP contribution >= 0.6 is 92.8 Å². The molecule has 2 aliphatic heterocycles. The van der Waals surface area contributed by atoms with E-state index in [2.05, 4.69) is 0 Å². The van der Waals surface area contributed by atoms with Crippen LogP contribution in [0.4, 0.5) is 8.78 Å². The van der Waals surface area contributed by atoms with Gasteiger partial charge in [0.2, 0.25) is 0 Å². The molecule has 8 atom stereocenters. The summed E-state index contributed by atoms with van der Waals surface area (Å²) in [5.41, 5.74) is 0.0183. The Morgan fingerprint density at radius 1 is 0.541 bits per heavy atom. The number of hydrogen-bond acceptors (Lipinski definition) is 12. The summed E-state index contributed by atoms with van der Waals surface area (Å²) in [4.78, 5) is 49.4. The number of rotatable bonds is 11. The highest BCUT2D eigenvalue weighted by Gasteiger charge is 2.49. The Morgan fingerprint density at radius 2 is 0.869 bits per heavy atom. The van der Waals surface area contributed by atoms with Crippen LogP contribution in [0.25, 0.3) is 0 Å². The Kier molecular flexibility index (Phi) is 17.5. The van der Waals surface area contributed by atoms with Crippen molar-refractivity contribution in [3.63, 3.8) is 0 Å². The minimum atomic E-state index is -2.07. The highest BCUT2D eigenvalue weighted by molar-refractivity contribution is 6.38. The molecule has 0 amide bonds. The number of methoxy groups -OCH3 is 1. The molecule has 4 aromatic carbocycles. The van der Waals surface area contributed by atoms with Crippen molar-refractivity contribution in [3.8, 4) is 0 Å². The summed E-state index contributed by atoms with van der Waals surface area (Å²) >= 11 is 47.1. The van der Waals surface area contributed by atoms with Gasteiger partial charge >= 0.3 is 23.9 Å². The molecule has 2 aliphatic rings. The number of ether oxygens (including phenoxy) is 7. The zero-order valence-corrected chi connectivity index (χ0v) is 36.7. The molecule has 2 unspecified atom stereocenters. The summed E-state index contributed by atoms with van der Waals surface area (Å²) in [6, 6.07) is 16.6. The van der Waals surface area contributed by atoms with Gasteiger partial charge in [0.15, 0.2) is 37.1 Å². The Hall–Kier alpha value is -3.22. The molecule has 2 saturated heterocycles. The minimum Gasteiger partial charge on any atom is -0.459 e. The van der Waals surface area contributed by atoms with E-state index >= 15 is 0 Å². The van der Waals surface area contributed by atoms with E-state index in [0.29, 0.717) is 20.1 Å². The third-order valence-corrected chi connectivity index (χ3v) is 10.8. The molecule has 2 fully saturated rings. The fourth-order valence-corrected chi connectivity index (χ4v) is 7.53. The van der Waals surface area contributed by atoms with Gasteiger partial charge in [0.1, 0.15) is 25.4 Å². The molecular formula is C39H28Cl8F2O12. The van der Waals surface area contributed by atoms with Gasteiger partial charge in [-0.2, -0.15) is 0 Å². The zero-order chi connectivity index (χ0) is 44.7. The summed E-state index contributed by atoms with van der Waals surface area (Å²) in [6.07, 6.45) is -12.5. The predicted molar refractivity (Wildman–Crippen MR) is 221 cm³/mol. The maximum atomic E-state index is 14.7. The van der Waals surface area contributed by atoms with Crippen LogP contribution in [0.1, 0.15) is 41.4 Å². The second-order valence-electron chi connectivity index (χ2n) is 12.7. The van der Waals surface area contributed by atoms with Crippen molar-refractivity contribution in [3.05, 3.63) is 135 Å². The van der Waals surface area contributed by atoms with Crippen LogP contribution in [0.5, 0.6) is 0 Å². The van der Waals surface area contributed by atoms with Gasteiger partial charge in [-0.1, -0.05) is 92.8 Å². The fraction of sp³-hybridized carbons (Fsp3) is 0.282. The SMILES string of the molecule is COC1O[C@H](COC(=O)c2ccc(Cl)cc2Cl)[C@@H](OC(=O)c2ccc(Cl)cc2Cl)[C@@H]1F.O=C(OC[C@H]1OC(O)[C@@H](F)[C@@H]1OC(=O)c1ccc(Cl)cc1Cl)c1ccc(Cl)cc1Cl. The zero-order valence-electron chi connectivity index (χ0n) is 30.7. The molecule has 326 valence electrons. The minimum absolute atomic E-state index is 0.00253. The van der Waals surface area contributed by atoms with Crippen molar-refractivity contribution in [2.45, 2.75) is 49.3 Å². The normalized spacial score (nSPS) is 23.1. The second-order valence-corrected chi connectivity index (χ2v) is 16.0. The molecule has 0 radical (unpaired) electrons. The van der Waals surface area contributed by atoms with E-state index in [0.717, 1.165) is 0 Å². The molecule has 22 heteroatoms. The fourth-order valence-electron chi connectivity index (χ4n) is 5.58. The van der Waals surface area contributed by atoms with Gasteiger partial charge in [0.25, 0.3) is 0 Å². The number of aliphatic hydroxyl groups is 1. The van der Waals surface area contributed by atoms with Gasteiger partial charge in [-0.15, -0.1) is 0 Å². The number of benzene rings is 4. The van der Waals surface area contributed by atoms with Crippen molar-refractivity contribution in [2.24, 2.45) is 0 Å². The quantitative estimate of drug-likeness (QED) is 0.112. The van der Waals surface area contributed by atoms with Gasteiger partial charge in [0.05, 0.1) is 42.3 Å². The molecule has 2 heterocycles. The standard InChI is InChI=1S/C20H15Cl4FO6.C19H13Cl4FO6/c1-28-20-16(25)17(31-19(27)12-5-3-10(22)7-14(12)24)15(30-20)8-29-18(26)11-4-2-9(21)6-13(11)23;20-8-1-3-10(12(22)5-8)17(25)28-7-14-16(15(24)19(27)29-14)30-18(26)11-4-2-9(21)6-13(11)23/h2-7,15-17,20H,8H2,1H3;1-6,14-16,19,27H,7H2/t15-,16+,17-,20?;14-,15+,16-,19?/m11/s1. The molecule has 6 rings (SSSR count). The van der Waals surface area contributed by atoms with E-state index in [4.69, 9.17) is 126 Å². The lowest BCUT2D eigenvalue weighted by atomic mass is 10.1. The lowest BCUT2D eigenvalue weighted by Crippen LogP contribution is -2.37. The van der Waals surface area contributed by atoms with E-state index < -0.39 is 86.4 Å². The maximum Gasteiger partial charge on any atom is 0.340 e. The number of aliphatic hydroxyl groups excluding tert-OH is 1. The number of carbonyl (C=O) groups is 4. The Balaban J connectivity index is 0.000000231. The van der Waals surface area contributed by atoms with E-state index in [1.54, 1.807) is 0 Å². The first kappa shape index (κ1) is 48.8. The molecule has 0 bridgehead atoms. The first-order valence-corrected chi connectivity index (χ1v) is 20.3. The maximum absolute atomic E-state index is 14.7. The molecule has 61 heavy (non-hydrogen) atoms. The van der Waals surface area contributed by atoms with E-state index in [9.17, 15) is 33.1 Å². The van der Waals surface area contributed by atoms with Crippen LogP contribution in [0.2, 0.25) is 40.2 Å². The van der Waals surface area contributed by atoms with Crippen molar-refractivity contribution in [1.82, 2.24) is 0 Å². The Labute approximate surface area is 385 Å². The smallest absolute Gasteiger partial charge is 0.340 e. The van der Waals surface area contributed by atoms with Crippen molar-refractivity contribution < 1.29 is 66.2 Å². The Morgan fingerprint density at radius 3 is 1.21 bits per heavy atom. The molecule has 4 aromatic rings. The van der Waals surface area contributed by atoms with Crippen LogP contribution in [-0.4, -0.2) is 98.6 Å². The molecular weight excluding hydrogens is 982 g/mol. The second kappa shape index (κ2) is 21.9. The van der Waals surface area contributed by atoms with E-state index in [1.165, 1.54) is 79.9 Å². The average molecular weight is 1010 g/mol. The molecule has 0 aromatic heterocycles. The van der Waals surface area contributed by atoms with Gasteiger partial charge in [-0.3, -0.25) is 0 Å². The topological polar surface area (TPSA) is 153 Å². The van der Waals surface area contributed by atoms with Crippen LogP contribution < -0.4 is 0 Å². The summed E-state index contributed by atoms with van der Waals surface area (Å²) in [5, 5.41) is 11.1. The van der Waals surface area contributed by atoms with Crippen LogP contribution in [0.3, 0.4) is 0 Å². The largest absolute Gasteiger partial charge is 0.459 e. The third-order valence-electron chi connectivity index (χ3n) is 8.60. The molecule has 0 spiro atoms. The summed E-state index contributed by atoms with van der Waals surface area (Å²) in [6.45, 7) is -0.939. The van der Waals surface area contributed by atoms with Crippen molar-refractivity contribution in [1.29, 1.82) is 0 Å². The molecule has 12 nitrogen and oxygen atoms in total. The highest BCUT2D eigenvalue weighted by Crippen LogP contribution is 2.32. The van der Waals surface area contributed by atoms with Crippen LogP contribution in [0.15, 0.2) is 72.8 Å². The Bertz CT molecular complexity index is 2270. The number of alkyl halides is 2. The first-order valence-electron chi connectivity index (χ1n) is 17.2.